The Balaban J connectivity index is 1.73. The predicted molar refractivity (Wildman–Crippen MR) is 103 cm³/mol. The Hall–Kier alpha value is -2.54. The maximum Gasteiger partial charge on any atom is 0.261 e. The first kappa shape index (κ1) is 17.9. The molecule has 1 aromatic heterocycles. The van der Waals surface area contributed by atoms with Crippen LogP contribution < -0.4 is 15.4 Å². The van der Waals surface area contributed by atoms with Gasteiger partial charge in [0.05, 0.1) is 7.11 Å². The van der Waals surface area contributed by atoms with Crippen LogP contribution in [0.5, 0.6) is 5.75 Å². The highest BCUT2D eigenvalue weighted by molar-refractivity contribution is 6.04. The molecule has 2 aromatic rings. The molecular formula is C20H26N4O3. The second-order valence-corrected chi connectivity index (χ2v) is 7.29. The number of amides is 1. The third kappa shape index (κ3) is 3.51. The highest BCUT2D eigenvalue weighted by Gasteiger charge is 2.33. The van der Waals surface area contributed by atoms with E-state index in [1.165, 1.54) is 0 Å². The van der Waals surface area contributed by atoms with Crippen molar-refractivity contribution in [3.63, 3.8) is 0 Å². The standard InChI is InChI=1S/C20H26N4O3/c1-26-16-8-6-14(7-9-16)18-17(19(22-27-18)23-10-2-3-11-23)20(25)24-12-4-5-15(21)13-24/h6-9,15H,2-5,10-13,21H2,1H3/t15-/m0/s1. The van der Waals surface area contributed by atoms with Crippen LogP contribution in [0.15, 0.2) is 28.8 Å². The normalized spacial score (nSPS) is 20.1. The molecule has 1 amide bonds. The molecule has 1 aromatic carbocycles. The number of likely N-dealkylation sites (tertiary alicyclic amines) is 1. The zero-order chi connectivity index (χ0) is 18.8. The lowest BCUT2D eigenvalue weighted by Gasteiger charge is -2.31. The number of anilines is 1. The van der Waals surface area contributed by atoms with Crippen LogP contribution >= 0.6 is 0 Å². The Labute approximate surface area is 159 Å². The van der Waals surface area contributed by atoms with Gasteiger partial charge in [-0.15, -0.1) is 0 Å². The molecule has 144 valence electrons. The Bertz CT molecular complexity index is 796. The number of piperidine rings is 1. The fourth-order valence-corrected chi connectivity index (χ4v) is 3.91. The lowest BCUT2D eigenvalue weighted by molar-refractivity contribution is 0.0709. The lowest BCUT2D eigenvalue weighted by Crippen LogP contribution is -2.46. The summed E-state index contributed by atoms with van der Waals surface area (Å²) in [6.07, 6.45) is 4.09. The SMILES string of the molecule is COc1ccc(-c2onc(N3CCCC3)c2C(=O)N2CCC[C@H](N)C2)cc1. The predicted octanol–water partition coefficient (Wildman–Crippen LogP) is 2.51. The molecule has 0 aliphatic carbocycles. The largest absolute Gasteiger partial charge is 0.497 e. The monoisotopic (exact) mass is 370 g/mol. The lowest BCUT2D eigenvalue weighted by atomic mass is 10.0. The number of ether oxygens (including phenoxy) is 1. The molecule has 3 heterocycles. The van der Waals surface area contributed by atoms with E-state index in [0.29, 0.717) is 23.7 Å². The third-order valence-electron chi connectivity index (χ3n) is 5.39. The van der Waals surface area contributed by atoms with Crippen molar-refractivity contribution in [2.75, 3.05) is 38.2 Å². The average molecular weight is 370 g/mol. The molecule has 0 saturated carbocycles. The van der Waals surface area contributed by atoms with Crippen LogP contribution in [0.2, 0.25) is 0 Å². The van der Waals surface area contributed by atoms with E-state index < -0.39 is 0 Å². The van der Waals surface area contributed by atoms with Gasteiger partial charge in [0.25, 0.3) is 5.91 Å². The second-order valence-electron chi connectivity index (χ2n) is 7.29. The molecule has 27 heavy (non-hydrogen) atoms. The van der Waals surface area contributed by atoms with Gasteiger partial charge in [-0.1, -0.05) is 5.16 Å². The number of benzene rings is 1. The number of carbonyl (C=O) groups excluding carboxylic acids is 1. The van der Waals surface area contributed by atoms with Crippen molar-refractivity contribution in [1.82, 2.24) is 10.1 Å². The molecule has 2 aliphatic rings. The summed E-state index contributed by atoms with van der Waals surface area (Å²) < 4.78 is 10.9. The Morgan fingerprint density at radius 1 is 1.19 bits per heavy atom. The first-order valence-electron chi connectivity index (χ1n) is 9.61. The van der Waals surface area contributed by atoms with Gasteiger partial charge in [0, 0.05) is 37.8 Å². The number of nitrogens with zero attached hydrogens (tertiary/aromatic N) is 3. The number of carbonyl (C=O) groups is 1. The number of rotatable bonds is 4. The summed E-state index contributed by atoms with van der Waals surface area (Å²) in [4.78, 5) is 17.4. The Morgan fingerprint density at radius 3 is 2.59 bits per heavy atom. The summed E-state index contributed by atoms with van der Waals surface area (Å²) in [5.41, 5.74) is 7.47. The molecule has 0 spiro atoms. The zero-order valence-electron chi connectivity index (χ0n) is 15.7. The van der Waals surface area contributed by atoms with Crippen LogP contribution in [-0.2, 0) is 0 Å². The minimum atomic E-state index is -0.0425. The summed E-state index contributed by atoms with van der Waals surface area (Å²) in [7, 11) is 1.63. The van der Waals surface area contributed by atoms with Gasteiger partial charge in [-0.05, 0) is 49.9 Å². The van der Waals surface area contributed by atoms with E-state index in [4.69, 9.17) is 15.0 Å². The van der Waals surface area contributed by atoms with Crippen LogP contribution in [0.3, 0.4) is 0 Å². The number of hydrogen-bond donors (Lipinski definition) is 1. The minimum Gasteiger partial charge on any atom is -0.497 e. The van der Waals surface area contributed by atoms with E-state index in [1.54, 1.807) is 7.11 Å². The summed E-state index contributed by atoms with van der Waals surface area (Å²) in [6, 6.07) is 7.54. The number of aromatic nitrogens is 1. The number of methoxy groups -OCH3 is 1. The van der Waals surface area contributed by atoms with Gasteiger partial charge in [-0.25, -0.2) is 0 Å². The van der Waals surface area contributed by atoms with E-state index in [-0.39, 0.29) is 11.9 Å². The van der Waals surface area contributed by atoms with Crippen LogP contribution in [0, 0.1) is 0 Å². The van der Waals surface area contributed by atoms with Crippen LogP contribution in [0.1, 0.15) is 36.0 Å². The zero-order valence-corrected chi connectivity index (χ0v) is 15.7. The van der Waals surface area contributed by atoms with Crippen LogP contribution in [-0.4, -0.2) is 55.3 Å². The summed E-state index contributed by atoms with van der Waals surface area (Å²) in [6.45, 7) is 3.09. The maximum absolute atomic E-state index is 13.4. The van der Waals surface area contributed by atoms with E-state index in [0.717, 1.165) is 56.6 Å². The molecule has 0 bridgehead atoms. The summed E-state index contributed by atoms with van der Waals surface area (Å²) in [5.74, 6) is 1.89. The first-order valence-corrected chi connectivity index (χ1v) is 9.61. The van der Waals surface area contributed by atoms with Gasteiger partial charge >= 0.3 is 0 Å². The van der Waals surface area contributed by atoms with Crippen molar-refractivity contribution in [2.24, 2.45) is 5.73 Å². The Kier molecular flexibility index (Phi) is 5.03. The van der Waals surface area contributed by atoms with Gasteiger partial charge < -0.3 is 24.8 Å². The number of nitrogens with two attached hydrogens (primary N) is 1. The maximum atomic E-state index is 13.4. The number of hydrogen-bond acceptors (Lipinski definition) is 6. The van der Waals surface area contributed by atoms with Crippen molar-refractivity contribution in [2.45, 2.75) is 31.7 Å². The van der Waals surface area contributed by atoms with Crippen molar-refractivity contribution in [3.8, 4) is 17.1 Å². The van der Waals surface area contributed by atoms with Gasteiger partial charge in [-0.2, -0.15) is 0 Å². The summed E-state index contributed by atoms with van der Waals surface area (Å²) >= 11 is 0. The molecular weight excluding hydrogens is 344 g/mol. The molecule has 7 nitrogen and oxygen atoms in total. The van der Waals surface area contributed by atoms with Gasteiger partial charge in [0.15, 0.2) is 11.6 Å². The highest BCUT2D eigenvalue weighted by Crippen LogP contribution is 2.35. The first-order chi connectivity index (χ1) is 13.2. The van der Waals surface area contributed by atoms with Crippen molar-refractivity contribution in [3.05, 3.63) is 29.8 Å². The topological polar surface area (TPSA) is 84.8 Å². The van der Waals surface area contributed by atoms with Gasteiger partial charge in [0.2, 0.25) is 0 Å². The average Bonchev–Trinajstić information content (AvgIpc) is 3.37. The van der Waals surface area contributed by atoms with Gasteiger partial charge in [-0.3, -0.25) is 4.79 Å². The van der Waals surface area contributed by atoms with Crippen LogP contribution in [0.4, 0.5) is 5.82 Å². The quantitative estimate of drug-likeness (QED) is 0.890. The van der Waals surface area contributed by atoms with E-state index in [9.17, 15) is 4.79 Å². The molecule has 2 saturated heterocycles. The fraction of sp³-hybridized carbons (Fsp3) is 0.500. The van der Waals surface area contributed by atoms with E-state index in [1.807, 2.05) is 29.2 Å². The molecule has 7 heteroatoms. The fourth-order valence-electron chi connectivity index (χ4n) is 3.91. The minimum absolute atomic E-state index is 0.0298. The third-order valence-corrected chi connectivity index (χ3v) is 5.39. The molecule has 0 unspecified atom stereocenters. The smallest absolute Gasteiger partial charge is 0.261 e. The molecule has 0 radical (unpaired) electrons. The van der Waals surface area contributed by atoms with Crippen molar-refractivity contribution < 1.29 is 14.1 Å². The van der Waals surface area contributed by atoms with Crippen molar-refractivity contribution in [1.29, 1.82) is 0 Å². The highest BCUT2D eigenvalue weighted by atomic mass is 16.5. The second kappa shape index (κ2) is 7.60. The van der Waals surface area contributed by atoms with Gasteiger partial charge in [0.1, 0.15) is 11.3 Å². The molecule has 2 fully saturated rings. The Morgan fingerprint density at radius 2 is 1.93 bits per heavy atom. The van der Waals surface area contributed by atoms with Crippen molar-refractivity contribution >= 4 is 11.7 Å². The van der Waals surface area contributed by atoms with E-state index >= 15 is 0 Å². The van der Waals surface area contributed by atoms with E-state index in [2.05, 4.69) is 10.1 Å². The molecule has 2 N–H and O–H groups in total. The molecule has 2 aliphatic heterocycles. The van der Waals surface area contributed by atoms with Crippen LogP contribution in [0.25, 0.3) is 11.3 Å². The molecule has 4 rings (SSSR count). The molecule has 1 atom stereocenters. The summed E-state index contributed by atoms with van der Waals surface area (Å²) in [5, 5.41) is 4.29.